The fraction of sp³-hybridized carbons (Fsp3) is 0.389. The Morgan fingerprint density at radius 1 is 1.42 bits per heavy atom. The summed E-state index contributed by atoms with van der Waals surface area (Å²) in [5, 5.41) is 12.2. The van der Waals surface area contributed by atoms with E-state index >= 15 is 0 Å². The number of anilines is 1. The third-order valence-electron chi connectivity index (χ3n) is 5.27. The molecule has 0 bridgehead atoms. The van der Waals surface area contributed by atoms with Gasteiger partial charge in [0.05, 0.1) is 5.69 Å². The van der Waals surface area contributed by atoms with Crippen molar-refractivity contribution in [1.82, 2.24) is 9.88 Å². The van der Waals surface area contributed by atoms with E-state index in [2.05, 4.69) is 4.98 Å². The monoisotopic (exact) mass is 373 g/mol. The van der Waals surface area contributed by atoms with Gasteiger partial charge in [-0.25, -0.2) is 4.98 Å². The molecule has 8 heteroatoms. The molecule has 3 N–H and O–H groups in total. The van der Waals surface area contributed by atoms with Crippen LogP contribution in [-0.4, -0.2) is 46.6 Å². The number of carboxylic acid groups (broad SMARTS) is 1. The second kappa shape index (κ2) is 6.28. The normalized spacial score (nSPS) is 23.8. The van der Waals surface area contributed by atoms with E-state index in [-0.39, 0.29) is 31.4 Å². The van der Waals surface area contributed by atoms with Crippen LogP contribution in [0.15, 0.2) is 29.6 Å². The number of likely N-dealkylation sites (tertiary alicyclic amines) is 1. The van der Waals surface area contributed by atoms with E-state index in [1.165, 1.54) is 11.3 Å². The number of para-hydroxylation sites is 1. The molecule has 26 heavy (non-hydrogen) atoms. The lowest BCUT2D eigenvalue weighted by Gasteiger charge is -2.35. The number of carboxylic acids is 1. The van der Waals surface area contributed by atoms with Crippen LogP contribution in [0.5, 0.6) is 5.75 Å². The number of thiazole rings is 1. The van der Waals surface area contributed by atoms with Gasteiger partial charge in [-0.2, -0.15) is 0 Å². The first-order valence-corrected chi connectivity index (χ1v) is 9.30. The summed E-state index contributed by atoms with van der Waals surface area (Å²) >= 11 is 1.35. The molecule has 0 unspecified atom stereocenters. The van der Waals surface area contributed by atoms with Crippen LogP contribution >= 0.6 is 11.3 Å². The number of nitrogens with two attached hydrogens (primary N) is 1. The predicted octanol–water partition coefficient (Wildman–Crippen LogP) is 1.75. The number of nitrogens with zero attached hydrogens (tertiary/aromatic N) is 2. The summed E-state index contributed by atoms with van der Waals surface area (Å²) in [6, 6.07) is 7.47. The minimum absolute atomic E-state index is 0.0657. The molecule has 2 aliphatic heterocycles. The predicted molar refractivity (Wildman–Crippen MR) is 96.2 cm³/mol. The molecule has 7 nitrogen and oxygen atoms in total. The van der Waals surface area contributed by atoms with Crippen LogP contribution < -0.4 is 10.5 Å². The quantitative estimate of drug-likeness (QED) is 0.846. The van der Waals surface area contributed by atoms with Crippen molar-refractivity contribution in [2.45, 2.75) is 18.8 Å². The van der Waals surface area contributed by atoms with Crippen LogP contribution in [0.2, 0.25) is 0 Å². The molecule has 0 spiro atoms. The number of fused-ring (bicyclic) bond motifs is 3. The summed E-state index contributed by atoms with van der Waals surface area (Å²) in [4.78, 5) is 30.6. The maximum Gasteiger partial charge on any atom is 0.315 e. The largest absolute Gasteiger partial charge is 0.492 e. The number of hydrogen-bond acceptors (Lipinski definition) is 6. The van der Waals surface area contributed by atoms with Crippen LogP contribution in [0.1, 0.15) is 23.6 Å². The molecule has 2 atom stereocenters. The van der Waals surface area contributed by atoms with Gasteiger partial charge in [0.2, 0.25) is 5.91 Å². The second-order valence-corrected chi connectivity index (χ2v) is 7.68. The van der Waals surface area contributed by atoms with E-state index in [0.717, 1.165) is 11.3 Å². The smallest absolute Gasteiger partial charge is 0.315 e. The minimum Gasteiger partial charge on any atom is -0.492 e. The molecular formula is C18H19N3O4S. The van der Waals surface area contributed by atoms with Crippen molar-refractivity contribution in [3.05, 3.63) is 40.9 Å². The van der Waals surface area contributed by atoms with Crippen LogP contribution in [0.3, 0.4) is 0 Å². The maximum absolute atomic E-state index is 12.7. The molecule has 1 aromatic heterocycles. The number of amides is 1. The molecule has 0 aliphatic carbocycles. The van der Waals surface area contributed by atoms with Gasteiger partial charge >= 0.3 is 5.97 Å². The van der Waals surface area contributed by atoms with Gasteiger partial charge in [0.1, 0.15) is 17.8 Å². The highest BCUT2D eigenvalue weighted by atomic mass is 32.1. The summed E-state index contributed by atoms with van der Waals surface area (Å²) in [7, 11) is 0. The maximum atomic E-state index is 12.7. The van der Waals surface area contributed by atoms with Gasteiger partial charge in [0.15, 0.2) is 5.13 Å². The van der Waals surface area contributed by atoms with Gasteiger partial charge in [0, 0.05) is 36.4 Å². The summed E-state index contributed by atoms with van der Waals surface area (Å²) in [6.45, 7) is 0.639. The Hall–Kier alpha value is -2.61. The highest BCUT2D eigenvalue weighted by molar-refractivity contribution is 7.13. The Labute approximate surface area is 154 Å². The molecule has 3 heterocycles. The van der Waals surface area contributed by atoms with Gasteiger partial charge in [-0.1, -0.05) is 18.2 Å². The zero-order valence-corrected chi connectivity index (χ0v) is 14.9. The van der Waals surface area contributed by atoms with E-state index in [9.17, 15) is 14.7 Å². The molecule has 2 aromatic rings. The van der Waals surface area contributed by atoms with Gasteiger partial charge < -0.3 is 20.5 Å². The van der Waals surface area contributed by atoms with Gasteiger partial charge in [0.25, 0.3) is 0 Å². The molecule has 1 saturated heterocycles. The number of hydrogen-bond donors (Lipinski definition) is 2. The van der Waals surface area contributed by atoms with Crippen molar-refractivity contribution in [3.8, 4) is 5.75 Å². The van der Waals surface area contributed by atoms with Crippen LogP contribution in [0, 0.1) is 5.41 Å². The standard InChI is InChI=1S/C18H19N3O4S/c19-17-20-11(8-26-17)5-6-15(22)21-7-13-12-3-1-2-4-14(12)25-10-18(13,9-21)16(23)24/h1-4,8,13H,5-7,9-10H2,(H2,19,20)(H,23,24)/t13-,18-/m1/s1. The third kappa shape index (κ3) is 2.70. The molecule has 0 saturated carbocycles. The number of aromatic nitrogens is 1. The van der Waals surface area contributed by atoms with Crippen molar-refractivity contribution in [3.63, 3.8) is 0 Å². The van der Waals surface area contributed by atoms with Crippen molar-refractivity contribution in [2.24, 2.45) is 5.41 Å². The van der Waals surface area contributed by atoms with Gasteiger partial charge in [-0.15, -0.1) is 11.3 Å². The topological polar surface area (TPSA) is 106 Å². The number of carbonyl (C=O) groups is 2. The molecule has 4 rings (SSSR count). The van der Waals surface area contributed by atoms with Crippen molar-refractivity contribution in [1.29, 1.82) is 0 Å². The van der Waals surface area contributed by atoms with Crippen LogP contribution in [0.25, 0.3) is 0 Å². The van der Waals surface area contributed by atoms with E-state index in [1.54, 1.807) is 4.90 Å². The molecule has 1 fully saturated rings. The molecule has 2 aliphatic rings. The minimum atomic E-state index is -1.09. The summed E-state index contributed by atoms with van der Waals surface area (Å²) in [6.07, 6.45) is 0.787. The molecule has 0 radical (unpaired) electrons. The molecule has 1 amide bonds. The summed E-state index contributed by atoms with van der Waals surface area (Å²) in [5.41, 5.74) is 6.18. The first-order valence-electron chi connectivity index (χ1n) is 8.42. The summed E-state index contributed by atoms with van der Waals surface area (Å²) < 4.78 is 5.72. The van der Waals surface area contributed by atoms with Gasteiger partial charge in [-0.05, 0) is 12.5 Å². The highest BCUT2D eigenvalue weighted by Crippen LogP contribution is 2.49. The van der Waals surface area contributed by atoms with E-state index in [1.807, 2.05) is 29.6 Å². The number of nitrogen functional groups attached to an aromatic ring is 1. The Balaban J connectivity index is 1.53. The fourth-order valence-corrected chi connectivity index (χ4v) is 4.46. The molecular weight excluding hydrogens is 354 g/mol. The Kier molecular flexibility index (Phi) is 4.07. The first kappa shape index (κ1) is 16.8. The van der Waals surface area contributed by atoms with Crippen molar-refractivity contribution in [2.75, 3.05) is 25.4 Å². The third-order valence-corrected chi connectivity index (χ3v) is 5.99. The van der Waals surface area contributed by atoms with Crippen molar-refractivity contribution >= 4 is 28.3 Å². The fourth-order valence-electron chi connectivity index (χ4n) is 3.86. The molecule has 1 aromatic carbocycles. The lowest BCUT2D eigenvalue weighted by molar-refractivity contribution is -0.152. The second-order valence-electron chi connectivity index (χ2n) is 6.79. The number of carbonyl (C=O) groups excluding carboxylic acids is 1. The SMILES string of the molecule is Nc1nc(CCC(=O)N2C[C@@H]3c4ccccc4OC[C@]3(C(=O)O)C2)cs1. The number of ether oxygens (including phenoxy) is 1. The van der Waals surface area contributed by atoms with Crippen LogP contribution in [-0.2, 0) is 16.0 Å². The van der Waals surface area contributed by atoms with Gasteiger partial charge in [-0.3, -0.25) is 9.59 Å². The lowest BCUT2D eigenvalue weighted by atomic mass is 9.73. The van der Waals surface area contributed by atoms with E-state index < -0.39 is 11.4 Å². The van der Waals surface area contributed by atoms with Crippen molar-refractivity contribution < 1.29 is 19.4 Å². The average molecular weight is 373 g/mol. The number of aliphatic carboxylic acids is 1. The first-order chi connectivity index (χ1) is 12.5. The number of rotatable bonds is 4. The van der Waals surface area contributed by atoms with E-state index in [0.29, 0.717) is 23.8 Å². The Morgan fingerprint density at radius 3 is 2.96 bits per heavy atom. The number of benzene rings is 1. The average Bonchev–Trinajstić information content (AvgIpc) is 3.24. The Morgan fingerprint density at radius 2 is 2.23 bits per heavy atom. The van der Waals surface area contributed by atoms with Crippen LogP contribution in [0.4, 0.5) is 5.13 Å². The Bertz CT molecular complexity index is 868. The number of aryl methyl sites for hydroxylation is 1. The zero-order chi connectivity index (χ0) is 18.3. The molecule has 136 valence electrons. The highest BCUT2D eigenvalue weighted by Gasteiger charge is 2.57. The summed E-state index contributed by atoms with van der Waals surface area (Å²) in [5.74, 6) is -0.533. The van der Waals surface area contributed by atoms with E-state index in [4.69, 9.17) is 10.5 Å². The zero-order valence-electron chi connectivity index (χ0n) is 14.1. The lowest BCUT2D eigenvalue weighted by Crippen LogP contribution is -2.46.